The van der Waals surface area contributed by atoms with E-state index in [2.05, 4.69) is 15.3 Å². The SMILES string of the molecule is CCCN(Cc1nc2cc(Cl)ccc2c(=O)[nH]1)C(=O)CC(NC(C)=O)c1ccccc1. The molecule has 0 saturated heterocycles. The lowest BCUT2D eigenvalue weighted by Gasteiger charge is -2.25. The second-order valence-corrected chi connectivity index (χ2v) is 7.79. The van der Waals surface area contributed by atoms with Gasteiger partial charge in [-0.2, -0.15) is 0 Å². The van der Waals surface area contributed by atoms with Gasteiger partial charge in [0.2, 0.25) is 11.8 Å². The first-order chi connectivity index (χ1) is 14.9. The summed E-state index contributed by atoms with van der Waals surface area (Å²) < 4.78 is 0. The van der Waals surface area contributed by atoms with Gasteiger partial charge in [-0.1, -0.05) is 48.9 Å². The van der Waals surface area contributed by atoms with Crippen LogP contribution in [0.1, 0.15) is 44.1 Å². The maximum absolute atomic E-state index is 13.1. The van der Waals surface area contributed by atoms with Crippen molar-refractivity contribution in [3.8, 4) is 0 Å². The molecule has 7 nitrogen and oxygen atoms in total. The lowest BCUT2D eigenvalue weighted by Crippen LogP contribution is -2.36. The maximum atomic E-state index is 13.1. The van der Waals surface area contributed by atoms with E-state index in [0.29, 0.717) is 28.3 Å². The predicted octanol–water partition coefficient (Wildman–Crippen LogP) is 3.58. The number of fused-ring (bicyclic) bond motifs is 1. The van der Waals surface area contributed by atoms with Gasteiger partial charge in [-0.3, -0.25) is 14.4 Å². The Morgan fingerprint density at radius 2 is 1.94 bits per heavy atom. The predicted molar refractivity (Wildman–Crippen MR) is 121 cm³/mol. The zero-order valence-corrected chi connectivity index (χ0v) is 18.3. The van der Waals surface area contributed by atoms with Gasteiger partial charge in [0, 0.05) is 18.5 Å². The molecule has 0 spiro atoms. The zero-order valence-electron chi connectivity index (χ0n) is 17.5. The number of carbonyl (C=O) groups is 2. The molecule has 162 valence electrons. The number of halogens is 1. The standard InChI is InChI=1S/C23H25ClN4O3/c1-3-11-28(14-21-26-20-12-17(24)9-10-18(20)23(31)27-21)22(30)13-19(25-15(2)29)16-7-5-4-6-8-16/h4-10,12,19H,3,11,13-14H2,1-2H3,(H,25,29)(H,26,27,31). The molecule has 1 aromatic heterocycles. The zero-order chi connectivity index (χ0) is 22.4. The molecular weight excluding hydrogens is 416 g/mol. The van der Waals surface area contributed by atoms with Crippen LogP contribution in [0.2, 0.25) is 5.02 Å². The molecule has 1 atom stereocenters. The number of nitrogens with one attached hydrogen (secondary N) is 2. The largest absolute Gasteiger partial charge is 0.349 e. The number of amides is 2. The van der Waals surface area contributed by atoms with Crippen LogP contribution in [0.5, 0.6) is 0 Å². The highest BCUT2D eigenvalue weighted by molar-refractivity contribution is 6.31. The van der Waals surface area contributed by atoms with E-state index in [9.17, 15) is 14.4 Å². The van der Waals surface area contributed by atoms with E-state index >= 15 is 0 Å². The Hall–Kier alpha value is -3.19. The van der Waals surface area contributed by atoms with Crippen molar-refractivity contribution in [2.45, 2.75) is 39.3 Å². The molecule has 3 rings (SSSR count). The molecule has 0 aliphatic heterocycles. The molecular formula is C23H25ClN4O3. The molecule has 0 aliphatic rings. The van der Waals surface area contributed by atoms with Crippen LogP contribution in [0, 0.1) is 0 Å². The lowest BCUT2D eigenvalue weighted by atomic mass is 10.0. The maximum Gasteiger partial charge on any atom is 0.258 e. The van der Waals surface area contributed by atoms with Gasteiger partial charge < -0.3 is 15.2 Å². The van der Waals surface area contributed by atoms with Crippen molar-refractivity contribution in [2.75, 3.05) is 6.54 Å². The van der Waals surface area contributed by atoms with Gasteiger partial charge >= 0.3 is 0 Å². The number of benzene rings is 2. The van der Waals surface area contributed by atoms with Gasteiger partial charge in [-0.05, 0) is 30.2 Å². The van der Waals surface area contributed by atoms with Gasteiger partial charge in [0.05, 0.1) is 29.9 Å². The summed E-state index contributed by atoms with van der Waals surface area (Å²) in [5.74, 6) is 0.0387. The summed E-state index contributed by atoms with van der Waals surface area (Å²) >= 11 is 6.04. The summed E-state index contributed by atoms with van der Waals surface area (Å²) in [6, 6.07) is 13.8. The first-order valence-electron chi connectivity index (χ1n) is 10.2. The highest BCUT2D eigenvalue weighted by Crippen LogP contribution is 2.19. The van der Waals surface area contributed by atoms with E-state index in [1.165, 1.54) is 6.92 Å². The summed E-state index contributed by atoms with van der Waals surface area (Å²) in [6.07, 6.45) is 0.846. The number of aromatic amines is 1. The third kappa shape index (κ3) is 5.92. The monoisotopic (exact) mass is 440 g/mol. The van der Waals surface area contributed by atoms with E-state index in [0.717, 1.165) is 12.0 Å². The first-order valence-corrected chi connectivity index (χ1v) is 10.5. The molecule has 2 aromatic carbocycles. The summed E-state index contributed by atoms with van der Waals surface area (Å²) in [5.41, 5.74) is 1.06. The van der Waals surface area contributed by atoms with Crippen LogP contribution in [0.15, 0.2) is 53.3 Å². The molecule has 31 heavy (non-hydrogen) atoms. The van der Waals surface area contributed by atoms with Crippen LogP contribution in [0.25, 0.3) is 10.9 Å². The Morgan fingerprint density at radius 1 is 1.19 bits per heavy atom. The molecule has 1 heterocycles. The van der Waals surface area contributed by atoms with Crippen molar-refractivity contribution in [3.63, 3.8) is 0 Å². The molecule has 0 bridgehead atoms. The summed E-state index contributed by atoms with van der Waals surface area (Å²) in [5, 5.41) is 3.78. The Bertz CT molecular complexity index is 1130. The average molecular weight is 441 g/mol. The van der Waals surface area contributed by atoms with Crippen molar-refractivity contribution in [1.29, 1.82) is 0 Å². The Morgan fingerprint density at radius 3 is 2.61 bits per heavy atom. The molecule has 3 aromatic rings. The number of rotatable bonds is 8. The van der Waals surface area contributed by atoms with E-state index < -0.39 is 6.04 Å². The Labute approximate surface area is 185 Å². The minimum atomic E-state index is -0.437. The van der Waals surface area contributed by atoms with Gasteiger partial charge in [0.25, 0.3) is 5.56 Å². The Kier molecular flexibility index (Phi) is 7.41. The van der Waals surface area contributed by atoms with E-state index in [-0.39, 0.29) is 30.3 Å². The Balaban J connectivity index is 1.83. The average Bonchev–Trinajstić information content (AvgIpc) is 2.73. The van der Waals surface area contributed by atoms with Gasteiger partial charge in [0.15, 0.2) is 0 Å². The molecule has 0 aliphatic carbocycles. The lowest BCUT2D eigenvalue weighted by molar-refractivity contribution is -0.132. The van der Waals surface area contributed by atoms with Crippen molar-refractivity contribution < 1.29 is 9.59 Å². The van der Waals surface area contributed by atoms with Crippen LogP contribution >= 0.6 is 11.6 Å². The van der Waals surface area contributed by atoms with Crippen molar-refractivity contribution in [1.82, 2.24) is 20.2 Å². The van der Waals surface area contributed by atoms with Crippen molar-refractivity contribution in [3.05, 3.63) is 75.3 Å². The summed E-state index contributed by atoms with van der Waals surface area (Å²) in [6.45, 7) is 4.06. The highest BCUT2D eigenvalue weighted by Gasteiger charge is 2.22. The van der Waals surface area contributed by atoms with Crippen molar-refractivity contribution >= 4 is 34.3 Å². The summed E-state index contributed by atoms with van der Waals surface area (Å²) in [4.78, 5) is 46.1. The van der Waals surface area contributed by atoms with E-state index in [4.69, 9.17) is 11.6 Å². The third-order valence-corrected chi connectivity index (χ3v) is 5.10. The number of H-pyrrole nitrogens is 1. The second kappa shape index (κ2) is 10.2. The van der Waals surface area contributed by atoms with E-state index in [1.54, 1.807) is 23.1 Å². The first kappa shape index (κ1) is 22.5. The van der Waals surface area contributed by atoms with Crippen LogP contribution in [-0.2, 0) is 16.1 Å². The van der Waals surface area contributed by atoms with E-state index in [1.807, 2.05) is 37.3 Å². The quantitative estimate of drug-likeness (QED) is 0.559. The normalized spacial score (nSPS) is 11.8. The number of carbonyl (C=O) groups excluding carboxylic acids is 2. The molecule has 2 amide bonds. The molecule has 0 fully saturated rings. The molecule has 8 heteroatoms. The molecule has 0 saturated carbocycles. The van der Waals surface area contributed by atoms with Crippen LogP contribution in [0.3, 0.4) is 0 Å². The molecule has 0 radical (unpaired) electrons. The van der Waals surface area contributed by atoms with Gasteiger partial charge in [-0.25, -0.2) is 4.98 Å². The number of hydrogen-bond acceptors (Lipinski definition) is 4. The number of hydrogen-bond donors (Lipinski definition) is 2. The van der Waals surface area contributed by atoms with Gasteiger partial charge in [-0.15, -0.1) is 0 Å². The smallest absolute Gasteiger partial charge is 0.258 e. The third-order valence-electron chi connectivity index (χ3n) is 4.86. The molecule has 1 unspecified atom stereocenters. The van der Waals surface area contributed by atoms with Crippen molar-refractivity contribution in [2.24, 2.45) is 0 Å². The molecule has 2 N–H and O–H groups in total. The second-order valence-electron chi connectivity index (χ2n) is 7.36. The van der Waals surface area contributed by atoms with Crippen LogP contribution < -0.4 is 10.9 Å². The minimum absolute atomic E-state index is 0.104. The number of aromatic nitrogens is 2. The fourth-order valence-corrected chi connectivity index (χ4v) is 3.63. The fourth-order valence-electron chi connectivity index (χ4n) is 3.47. The topological polar surface area (TPSA) is 95.2 Å². The number of nitrogens with zero attached hydrogens (tertiary/aromatic N) is 2. The van der Waals surface area contributed by atoms with Crippen LogP contribution in [-0.4, -0.2) is 33.2 Å². The fraction of sp³-hybridized carbons (Fsp3) is 0.304. The van der Waals surface area contributed by atoms with Gasteiger partial charge in [0.1, 0.15) is 5.82 Å². The van der Waals surface area contributed by atoms with Crippen LogP contribution in [0.4, 0.5) is 0 Å². The highest BCUT2D eigenvalue weighted by atomic mass is 35.5. The summed E-state index contributed by atoms with van der Waals surface area (Å²) in [7, 11) is 0. The minimum Gasteiger partial charge on any atom is -0.349 e.